The van der Waals surface area contributed by atoms with Crippen molar-refractivity contribution in [1.82, 2.24) is 10.6 Å². The van der Waals surface area contributed by atoms with E-state index in [0.29, 0.717) is 30.4 Å². The van der Waals surface area contributed by atoms with Crippen molar-refractivity contribution in [2.75, 3.05) is 33.4 Å². The number of para-hydroxylation sites is 1. The van der Waals surface area contributed by atoms with Gasteiger partial charge in [-0.1, -0.05) is 12.1 Å². The number of alkyl halides is 2. The van der Waals surface area contributed by atoms with Crippen molar-refractivity contribution < 1.29 is 23.0 Å². The van der Waals surface area contributed by atoms with E-state index in [2.05, 4.69) is 15.6 Å². The van der Waals surface area contributed by atoms with Gasteiger partial charge in [-0.3, -0.25) is 0 Å². The van der Waals surface area contributed by atoms with Crippen molar-refractivity contribution in [1.29, 1.82) is 0 Å². The highest BCUT2D eigenvalue weighted by Crippen LogP contribution is 2.48. The first-order chi connectivity index (χ1) is 13.5. The molecule has 1 aromatic carbocycles. The summed E-state index contributed by atoms with van der Waals surface area (Å²) in [6.45, 7) is 3.67. The maximum absolute atomic E-state index is 12.9. The zero-order chi connectivity index (χ0) is 20.4. The third-order valence-corrected chi connectivity index (χ3v) is 4.74. The van der Waals surface area contributed by atoms with Crippen molar-refractivity contribution in [2.24, 2.45) is 10.4 Å². The van der Waals surface area contributed by atoms with Crippen molar-refractivity contribution in [2.45, 2.75) is 46.3 Å². The Balaban J connectivity index is 0.00000420. The predicted octanol–water partition coefficient (Wildman–Crippen LogP) is 4.18. The molecule has 0 aliphatic heterocycles. The van der Waals surface area contributed by atoms with Crippen LogP contribution < -0.4 is 20.1 Å². The molecule has 0 aromatic heterocycles. The molecule has 0 saturated heterocycles. The number of methoxy groups -OCH3 is 1. The third kappa shape index (κ3) is 8.49. The summed E-state index contributed by atoms with van der Waals surface area (Å²) in [5.74, 6) is 0.985. The van der Waals surface area contributed by atoms with Gasteiger partial charge < -0.3 is 24.8 Å². The van der Waals surface area contributed by atoms with Crippen LogP contribution in [0.5, 0.6) is 11.5 Å². The summed E-state index contributed by atoms with van der Waals surface area (Å²) in [4.78, 5) is 4.55. The maximum atomic E-state index is 12.9. The molecule has 0 atom stereocenters. The number of benzene rings is 1. The van der Waals surface area contributed by atoms with E-state index in [-0.39, 0.29) is 41.7 Å². The Bertz CT molecular complexity index is 643. The van der Waals surface area contributed by atoms with Gasteiger partial charge in [0, 0.05) is 32.4 Å². The topological polar surface area (TPSA) is 64.1 Å². The second kappa shape index (κ2) is 13.0. The third-order valence-electron chi connectivity index (χ3n) is 4.74. The van der Waals surface area contributed by atoms with E-state index in [4.69, 9.17) is 14.2 Å². The molecule has 0 unspecified atom stereocenters. The highest BCUT2D eigenvalue weighted by Gasteiger charge is 2.41. The summed E-state index contributed by atoms with van der Waals surface area (Å²) in [7, 11) is 1.71. The van der Waals surface area contributed by atoms with Crippen molar-refractivity contribution in [3.63, 3.8) is 0 Å². The number of aliphatic imine (C=N–C) groups is 1. The van der Waals surface area contributed by atoms with E-state index < -0.39 is 6.61 Å². The van der Waals surface area contributed by atoms with Crippen LogP contribution in [0.4, 0.5) is 8.78 Å². The maximum Gasteiger partial charge on any atom is 0.387 e. The van der Waals surface area contributed by atoms with Crippen LogP contribution in [0, 0.1) is 5.41 Å². The van der Waals surface area contributed by atoms with Crippen LogP contribution in [0.1, 0.15) is 38.7 Å². The average Bonchev–Trinajstić information content (AvgIpc) is 3.44. The van der Waals surface area contributed by atoms with Crippen LogP contribution in [0.15, 0.2) is 23.2 Å². The average molecular weight is 527 g/mol. The Hall–Kier alpha value is -1.36. The summed E-state index contributed by atoms with van der Waals surface area (Å²) in [6.07, 6.45) is 3.36. The number of nitrogens with one attached hydrogen (secondary N) is 2. The lowest BCUT2D eigenvalue weighted by Crippen LogP contribution is -2.40. The van der Waals surface area contributed by atoms with Crippen molar-refractivity contribution >= 4 is 29.9 Å². The molecule has 0 heterocycles. The highest BCUT2D eigenvalue weighted by molar-refractivity contribution is 14.0. The molecule has 166 valence electrons. The fourth-order valence-corrected chi connectivity index (χ4v) is 2.97. The molecule has 0 spiro atoms. The minimum atomic E-state index is -2.92. The lowest BCUT2D eigenvalue weighted by molar-refractivity contribution is -0.0520. The molecule has 2 rings (SSSR count). The SMILES string of the molecule is CCNC(=NCc1cccc(OCC)c1OC(F)F)NCC1(CCOC)CC1.I. The highest BCUT2D eigenvalue weighted by atomic mass is 127. The lowest BCUT2D eigenvalue weighted by Gasteiger charge is -2.18. The number of nitrogens with zero attached hydrogens (tertiary/aromatic N) is 1. The molecule has 1 aromatic rings. The van der Waals surface area contributed by atoms with Crippen LogP contribution in [-0.4, -0.2) is 46.0 Å². The Labute approximate surface area is 188 Å². The van der Waals surface area contributed by atoms with Crippen LogP contribution in [-0.2, 0) is 11.3 Å². The molecule has 6 nitrogen and oxygen atoms in total. The lowest BCUT2D eigenvalue weighted by atomic mass is 10.0. The Kier molecular flexibility index (Phi) is 11.6. The second-order valence-electron chi connectivity index (χ2n) is 6.85. The van der Waals surface area contributed by atoms with E-state index in [1.165, 1.54) is 12.8 Å². The first-order valence-electron chi connectivity index (χ1n) is 9.74. The summed E-state index contributed by atoms with van der Waals surface area (Å²) in [5.41, 5.74) is 0.814. The monoisotopic (exact) mass is 527 g/mol. The molecule has 1 aliphatic rings. The molecule has 1 saturated carbocycles. The largest absolute Gasteiger partial charge is 0.490 e. The fraction of sp³-hybridized carbons (Fsp3) is 0.650. The van der Waals surface area contributed by atoms with Crippen LogP contribution in [0.2, 0.25) is 0 Å². The van der Waals surface area contributed by atoms with Gasteiger partial charge in [0.25, 0.3) is 0 Å². The standard InChI is InChI=1S/C20H31F2N3O3.HI/c1-4-23-19(25-14-20(9-10-20)11-12-26-3)24-13-15-7-6-8-16(27-5-2)17(15)28-18(21)22;/h6-8,18H,4-5,9-14H2,1-3H3,(H2,23,24,25);1H. The number of hydrogen-bond acceptors (Lipinski definition) is 4. The van der Waals surface area contributed by atoms with Crippen LogP contribution in [0.3, 0.4) is 0 Å². The van der Waals surface area contributed by atoms with E-state index >= 15 is 0 Å². The molecular weight excluding hydrogens is 495 g/mol. The number of halogens is 3. The normalized spacial score (nSPS) is 14.9. The first-order valence-corrected chi connectivity index (χ1v) is 9.74. The van der Waals surface area contributed by atoms with E-state index in [0.717, 1.165) is 19.6 Å². The van der Waals surface area contributed by atoms with Gasteiger partial charge in [-0.15, -0.1) is 24.0 Å². The van der Waals surface area contributed by atoms with Crippen LogP contribution in [0.25, 0.3) is 0 Å². The summed E-state index contributed by atoms with van der Waals surface area (Å²) < 4.78 is 41.0. The summed E-state index contributed by atoms with van der Waals surface area (Å²) in [6, 6.07) is 5.08. The molecule has 0 bridgehead atoms. The van der Waals surface area contributed by atoms with Crippen LogP contribution >= 0.6 is 24.0 Å². The summed E-state index contributed by atoms with van der Waals surface area (Å²) in [5, 5.41) is 6.56. The van der Waals surface area contributed by atoms with E-state index in [1.807, 2.05) is 6.92 Å². The number of ether oxygens (including phenoxy) is 3. The van der Waals surface area contributed by atoms with Crippen molar-refractivity contribution in [3.8, 4) is 11.5 Å². The van der Waals surface area contributed by atoms with E-state index in [1.54, 1.807) is 32.2 Å². The number of hydrogen-bond donors (Lipinski definition) is 2. The van der Waals surface area contributed by atoms with Gasteiger partial charge in [0.1, 0.15) is 0 Å². The number of rotatable bonds is 12. The fourth-order valence-electron chi connectivity index (χ4n) is 2.97. The molecule has 0 amide bonds. The molecule has 9 heteroatoms. The smallest absolute Gasteiger partial charge is 0.387 e. The van der Waals surface area contributed by atoms with Gasteiger partial charge >= 0.3 is 6.61 Å². The van der Waals surface area contributed by atoms with Gasteiger partial charge in [0.15, 0.2) is 17.5 Å². The number of guanidine groups is 1. The minimum Gasteiger partial charge on any atom is -0.490 e. The molecule has 0 radical (unpaired) electrons. The Morgan fingerprint density at radius 1 is 1.24 bits per heavy atom. The van der Waals surface area contributed by atoms with Gasteiger partial charge in [-0.2, -0.15) is 8.78 Å². The summed E-state index contributed by atoms with van der Waals surface area (Å²) >= 11 is 0. The van der Waals surface area contributed by atoms with Gasteiger partial charge in [-0.25, -0.2) is 4.99 Å². The van der Waals surface area contributed by atoms with Crippen molar-refractivity contribution in [3.05, 3.63) is 23.8 Å². The van der Waals surface area contributed by atoms with E-state index in [9.17, 15) is 8.78 Å². The van der Waals surface area contributed by atoms with Gasteiger partial charge in [0.2, 0.25) is 0 Å². The second-order valence-corrected chi connectivity index (χ2v) is 6.85. The Morgan fingerprint density at radius 2 is 2.00 bits per heavy atom. The zero-order valence-electron chi connectivity index (χ0n) is 17.3. The molecular formula is C20H32F2IN3O3. The molecule has 29 heavy (non-hydrogen) atoms. The zero-order valence-corrected chi connectivity index (χ0v) is 19.6. The Morgan fingerprint density at radius 3 is 2.59 bits per heavy atom. The molecule has 1 aliphatic carbocycles. The predicted molar refractivity (Wildman–Crippen MR) is 121 cm³/mol. The molecule has 1 fully saturated rings. The quantitative estimate of drug-likeness (QED) is 0.243. The first kappa shape index (κ1) is 25.7. The minimum absolute atomic E-state index is 0. The molecule has 2 N–H and O–H groups in total. The van der Waals surface area contributed by atoms with Gasteiger partial charge in [-0.05, 0) is 44.6 Å². The van der Waals surface area contributed by atoms with Gasteiger partial charge in [0.05, 0.1) is 13.2 Å².